The van der Waals surface area contributed by atoms with Gasteiger partial charge in [0.25, 0.3) is 11.6 Å². The fourth-order valence-corrected chi connectivity index (χ4v) is 3.38. The van der Waals surface area contributed by atoms with Gasteiger partial charge in [-0.25, -0.2) is 0 Å². The smallest absolute Gasteiger partial charge is 0.273 e. The van der Waals surface area contributed by atoms with Gasteiger partial charge < -0.3 is 14.8 Å². The summed E-state index contributed by atoms with van der Waals surface area (Å²) in [5.41, 5.74) is 0.651. The topological polar surface area (TPSA) is 111 Å². The fraction of sp³-hybridized carbons (Fsp3) is 0.364. The average Bonchev–Trinajstić information content (AvgIpc) is 2.73. The molecule has 1 aliphatic rings. The van der Waals surface area contributed by atoms with E-state index in [1.165, 1.54) is 23.1 Å². The summed E-state index contributed by atoms with van der Waals surface area (Å²) in [5, 5.41) is 14.0. The van der Waals surface area contributed by atoms with Crippen molar-refractivity contribution in [2.24, 2.45) is 5.92 Å². The number of nitrogens with one attached hydrogen (secondary N) is 1. The third-order valence-corrected chi connectivity index (χ3v) is 4.97. The molecule has 9 nitrogen and oxygen atoms in total. The van der Waals surface area contributed by atoms with Crippen LogP contribution in [0.4, 0.5) is 17.1 Å². The van der Waals surface area contributed by atoms with Crippen LogP contribution in [-0.2, 0) is 9.59 Å². The predicted molar refractivity (Wildman–Crippen MR) is 116 cm³/mol. The number of nitro benzene ring substituents is 1. The third-order valence-electron chi connectivity index (χ3n) is 4.97. The Hall–Kier alpha value is -3.62. The van der Waals surface area contributed by atoms with E-state index in [1.807, 2.05) is 20.8 Å². The van der Waals surface area contributed by atoms with E-state index in [2.05, 4.69) is 5.32 Å². The van der Waals surface area contributed by atoms with Crippen molar-refractivity contribution in [2.45, 2.75) is 39.8 Å². The second-order valence-electron chi connectivity index (χ2n) is 7.49. The summed E-state index contributed by atoms with van der Waals surface area (Å²) >= 11 is 0. The molecule has 0 saturated carbocycles. The molecule has 2 aromatic rings. The number of non-ortho nitro benzene ring substituents is 1. The standard InChI is InChI=1S/C22H25N3O6/c1-5-30-18-9-7-6-8-16(18)23-21(26)14(4)24-17-11-10-15(25(28)29)12-19(17)31-20(13(2)3)22(24)27/h6-14,20H,5H2,1-4H3,(H,23,26). The summed E-state index contributed by atoms with van der Waals surface area (Å²) < 4.78 is 11.3. The average molecular weight is 427 g/mol. The SMILES string of the molecule is CCOc1ccccc1NC(=O)C(C)N1C(=O)C(C(C)C)Oc2cc([N+](=O)[O-])ccc21. The van der Waals surface area contributed by atoms with E-state index in [9.17, 15) is 19.7 Å². The molecular weight excluding hydrogens is 402 g/mol. The lowest BCUT2D eigenvalue weighted by atomic mass is 10.0. The van der Waals surface area contributed by atoms with Gasteiger partial charge in [-0.3, -0.25) is 24.6 Å². The number of ether oxygens (including phenoxy) is 2. The summed E-state index contributed by atoms with van der Waals surface area (Å²) in [6, 6.07) is 10.1. The van der Waals surface area contributed by atoms with Crippen LogP contribution in [-0.4, -0.2) is 35.5 Å². The Bertz CT molecular complexity index is 1010. The molecule has 2 amide bonds. The van der Waals surface area contributed by atoms with Crippen LogP contribution in [0, 0.1) is 16.0 Å². The largest absolute Gasteiger partial charge is 0.492 e. The van der Waals surface area contributed by atoms with Crippen molar-refractivity contribution in [3.63, 3.8) is 0 Å². The summed E-state index contributed by atoms with van der Waals surface area (Å²) in [4.78, 5) is 38.2. The van der Waals surface area contributed by atoms with E-state index < -0.39 is 23.0 Å². The number of carbonyl (C=O) groups is 2. The Morgan fingerprint density at radius 1 is 1.26 bits per heavy atom. The summed E-state index contributed by atoms with van der Waals surface area (Å²) in [6.45, 7) is 7.51. The zero-order valence-corrected chi connectivity index (χ0v) is 17.8. The second kappa shape index (κ2) is 9.03. The Balaban J connectivity index is 1.95. The molecule has 1 N–H and O–H groups in total. The molecule has 2 atom stereocenters. The van der Waals surface area contributed by atoms with Crippen LogP contribution in [0.5, 0.6) is 11.5 Å². The van der Waals surface area contributed by atoms with E-state index in [-0.39, 0.29) is 23.3 Å². The van der Waals surface area contributed by atoms with Gasteiger partial charge in [0, 0.05) is 6.07 Å². The van der Waals surface area contributed by atoms with Crippen molar-refractivity contribution in [1.29, 1.82) is 0 Å². The molecule has 0 spiro atoms. The van der Waals surface area contributed by atoms with Crippen molar-refractivity contribution in [3.8, 4) is 11.5 Å². The van der Waals surface area contributed by atoms with Crippen molar-refractivity contribution in [1.82, 2.24) is 0 Å². The molecular formula is C22H25N3O6. The first kappa shape index (κ1) is 22.1. The minimum absolute atomic E-state index is 0.154. The Labute approximate surface area is 180 Å². The first-order chi connectivity index (χ1) is 14.7. The van der Waals surface area contributed by atoms with Crippen LogP contribution in [0.1, 0.15) is 27.7 Å². The molecule has 1 heterocycles. The van der Waals surface area contributed by atoms with Gasteiger partial charge in [-0.15, -0.1) is 0 Å². The summed E-state index contributed by atoms with van der Waals surface area (Å²) in [6.07, 6.45) is -0.861. The number of amides is 2. The number of benzene rings is 2. The molecule has 164 valence electrons. The molecule has 0 bridgehead atoms. The number of hydrogen-bond donors (Lipinski definition) is 1. The van der Waals surface area contributed by atoms with Crippen molar-refractivity contribution in [3.05, 3.63) is 52.6 Å². The van der Waals surface area contributed by atoms with E-state index >= 15 is 0 Å². The van der Waals surface area contributed by atoms with Gasteiger partial charge in [-0.1, -0.05) is 26.0 Å². The number of carbonyl (C=O) groups excluding carboxylic acids is 2. The molecule has 2 aromatic carbocycles. The van der Waals surface area contributed by atoms with Crippen LogP contribution in [0.3, 0.4) is 0 Å². The van der Waals surface area contributed by atoms with Gasteiger partial charge >= 0.3 is 0 Å². The number of nitrogens with zero attached hydrogens (tertiary/aromatic N) is 2. The number of rotatable bonds is 7. The normalized spacial score (nSPS) is 16.4. The summed E-state index contributed by atoms with van der Waals surface area (Å²) in [7, 11) is 0. The van der Waals surface area contributed by atoms with E-state index in [0.717, 1.165) is 0 Å². The first-order valence-electron chi connectivity index (χ1n) is 10.1. The Kier molecular flexibility index (Phi) is 6.43. The maximum Gasteiger partial charge on any atom is 0.273 e. The third kappa shape index (κ3) is 4.45. The van der Waals surface area contributed by atoms with E-state index in [0.29, 0.717) is 23.7 Å². The van der Waals surface area contributed by atoms with Gasteiger partial charge in [0.15, 0.2) is 11.9 Å². The van der Waals surface area contributed by atoms with Crippen molar-refractivity contribution >= 4 is 28.9 Å². The van der Waals surface area contributed by atoms with E-state index in [4.69, 9.17) is 9.47 Å². The van der Waals surface area contributed by atoms with Crippen LogP contribution >= 0.6 is 0 Å². The lowest BCUT2D eigenvalue weighted by Gasteiger charge is -2.38. The highest BCUT2D eigenvalue weighted by Crippen LogP contribution is 2.39. The molecule has 0 saturated heterocycles. The Morgan fingerprint density at radius 3 is 2.61 bits per heavy atom. The number of anilines is 2. The fourth-order valence-electron chi connectivity index (χ4n) is 3.38. The molecule has 0 aromatic heterocycles. The maximum atomic E-state index is 13.2. The molecule has 2 unspecified atom stereocenters. The minimum atomic E-state index is -0.896. The highest BCUT2D eigenvalue weighted by molar-refractivity contribution is 6.08. The minimum Gasteiger partial charge on any atom is -0.492 e. The van der Waals surface area contributed by atoms with Gasteiger partial charge in [-0.2, -0.15) is 0 Å². The molecule has 1 aliphatic heterocycles. The first-order valence-corrected chi connectivity index (χ1v) is 10.1. The number of hydrogen-bond acceptors (Lipinski definition) is 6. The van der Waals surface area contributed by atoms with Crippen LogP contribution in [0.15, 0.2) is 42.5 Å². The second-order valence-corrected chi connectivity index (χ2v) is 7.49. The molecule has 0 fully saturated rings. The molecule has 0 aliphatic carbocycles. The number of fused-ring (bicyclic) bond motifs is 1. The molecule has 0 radical (unpaired) electrons. The monoisotopic (exact) mass is 427 g/mol. The van der Waals surface area contributed by atoms with Gasteiger partial charge in [0.05, 0.1) is 29.0 Å². The highest BCUT2D eigenvalue weighted by Gasteiger charge is 2.41. The van der Waals surface area contributed by atoms with Crippen molar-refractivity contribution < 1.29 is 24.0 Å². The number of para-hydroxylation sites is 2. The lowest BCUT2D eigenvalue weighted by Crippen LogP contribution is -2.55. The molecule has 9 heteroatoms. The van der Waals surface area contributed by atoms with Crippen LogP contribution in [0.2, 0.25) is 0 Å². The quantitative estimate of drug-likeness (QED) is 0.532. The highest BCUT2D eigenvalue weighted by atomic mass is 16.6. The van der Waals surface area contributed by atoms with Crippen LogP contribution < -0.4 is 19.7 Å². The summed E-state index contributed by atoms with van der Waals surface area (Å²) in [5.74, 6) is -0.278. The van der Waals surface area contributed by atoms with Gasteiger partial charge in [0.2, 0.25) is 5.91 Å². The lowest BCUT2D eigenvalue weighted by molar-refractivity contribution is -0.384. The molecule has 3 rings (SSSR count). The maximum absolute atomic E-state index is 13.2. The zero-order valence-electron chi connectivity index (χ0n) is 17.8. The van der Waals surface area contributed by atoms with E-state index in [1.54, 1.807) is 31.2 Å². The van der Waals surface area contributed by atoms with Gasteiger partial charge in [-0.05, 0) is 38.0 Å². The molecule has 31 heavy (non-hydrogen) atoms. The number of nitro groups is 1. The van der Waals surface area contributed by atoms with Crippen LogP contribution in [0.25, 0.3) is 0 Å². The van der Waals surface area contributed by atoms with Gasteiger partial charge in [0.1, 0.15) is 11.8 Å². The Morgan fingerprint density at radius 2 is 1.97 bits per heavy atom. The zero-order chi connectivity index (χ0) is 22.7. The van der Waals surface area contributed by atoms with Crippen molar-refractivity contribution in [2.75, 3.05) is 16.8 Å². The predicted octanol–water partition coefficient (Wildman–Crippen LogP) is 3.77.